The molecule has 1 atom stereocenters. The molecular formula is C40H44N12O5. The summed E-state index contributed by atoms with van der Waals surface area (Å²) >= 11 is 0. The second kappa shape index (κ2) is 15.4. The highest BCUT2D eigenvalue weighted by Gasteiger charge is 2.39. The van der Waals surface area contributed by atoms with E-state index in [2.05, 4.69) is 57.0 Å². The molecule has 7 heterocycles. The van der Waals surface area contributed by atoms with Crippen LogP contribution in [0.1, 0.15) is 83.9 Å². The highest BCUT2D eigenvalue weighted by molar-refractivity contribution is 6.05. The van der Waals surface area contributed by atoms with Gasteiger partial charge in [0.2, 0.25) is 23.5 Å². The maximum Gasteiger partial charge on any atom is 0.323 e. The predicted molar refractivity (Wildman–Crippen MR) is 209 cm³/mol. The van der Waals surface area contributed by atoms with Gasteiger partial charge in [0, 0.05) is 68.8 Å². The van der Waals surface area contributed by atoms with E-state index < -0.39 is 11.9 Å². The van der Waals surface area contributed by atoms with Crippen molar-refractivity contribution in [1.29, 1.82) is 0 Å². The smallest absolute Gasteiger partial charge is 0.323 e. The zero-order valence-corrected chi connectivity index (χ0v) is 31.7. The molecule has 17 nitrogen and oxygen atoms in total. The minimum absolute atomic E-state index is 0.158. The summed E-state index contributed by atoms with van der Waals surface area (Å²) in [6, 6.07) is 8.60. The molecule has 0 spiro atoms. The van der Waals surface area contributed by atoms with Gasteiger partial charge in [-0.15, -0.1) is 0 Å². The molecule has 5 aromatic rings. The van der Waals surface area contributed by atoms with E-state index in [0.29, 0.717) is 59.7 Å². The number of piperazine rings is 1. The van der Waals surface area contributed by atoms with Crippen molar-refractivity contribution < 1.29 is 23.7 Å². The summed E-state index contributed by atoms with van der Waals surface area (Å²) in [5.74, 6) is 0.419. The number of amides is 5. The van der Waals surface area contributed by atoms with Gasteiger partial charge in [-0.3, -0.25) is 29.6 Å². The van der Waals surface area contributed by atoms with Crippen molar-refractivity contribution >= 4 is 46.5 Å². The summed E-state index contributed by atoms with van der Waals surface area (Å²) in [7, 11) is 0. The SMILES string of the molecule is Cc1cc(NC(=O)Nc2cnc3ccnn3c2C2CCCC2)cnc1-c1noc(CCCN2CCN(c3ccc4c(c3)CN(C3CCC(=O)NC3=O)C4=O)CC2)n1. The number of urea groups is 1. The minimum Gasteiger partial charge on any atom is -0.369 e. The van der Waals surface area contributed by atoms with Gasteiger partial charge in [0.05, 0.1) is 35.7 Å². The molecule has 9 rings (SSSR count). The van der Waals surface area contributed by atoms with E-state index in [1.54, 1.807) is 23.5 Å². The summed E-state index contributed by atoms with van der Waals surface area (Å²) < 4.78 is 7.42. The van der Waals surface area contributed by atoms with Gasteiger partial charge in [-0.1, -0.05) is 18.0 Å². The fraction of sp³-hybridized carbons (Fsp3) is 0.425. The Labute approximate surface area is 328 Å². The van der Waals surface area contributed by atoms with Crippen molar-refractivity contribution in [2.24, 2.45) is 0 Å². The third-order valence-corrected chi connectivity index (χ3v) is 11.6. The van der Waals surface area contributed by atoms with Crippen molar-refractivity contribution in [3.63, 3.8) is 0 Å². The number of rotatable bonds is 10. The fourth-order valence-corrected chi connectivity index (χ4v) is 8.63. The van der Waals surface area contributed by atoms with Crippen LogP contribution in [-0.2, 0) is 22.6 Å². The monoisotopic (exact) mass is 772 g/mol. The zero-order chi connectivity index (χ0) is 39.0. The highest BCUT2D eigenvalue weighted by Crippen LogP contribution is 2.38. The average molecular weight is 773 g/mol. The molecule has 1 unspecified atom stereocenters. The van der Waals surface area contributed by atoms with Gasteiger partial charge >= 0.3 is 6.03 Å². The van der Waals surface area contributed by atoms with Gasteiger partial charge in [-0.05, 0) is 74.5 Å². The standard InChI is InChI=1S/C40H44N12O5/c1-24-19-27(44-40(56)45-30-22-41-32-12-13-43-52(32)36(30)25-5-2-3-6-25)21-42-35(24)37-47-34(57-48-37)7-4-14-49-15-17-50(18-16-49)28-8-9-29-26(20-28)23-51(39(29)55)31-10-11-33(53)46-38(31)54/h8-9,12-13,19-22,25,31H,2-7,10-11,14-18,23H2,1H3,(H2,44,45,56)(H,46,53,54). The zero-order valence-electron chi connectivity index (χ0n) is 31.7. The number of hydrogen-bond acceptors (Lipinski definition) is 12. The Bertz CT molecular complexity index is 2360. The van der Waals surface area contributed by atoms with Crippen LogP contribution in [0.15, 0.2) is 53.4 Å². The molecule has 4 aliphatic rings. The average Bonchev–Trinajstić information content (AvgIpc) is 4.04. The molecule has 2 saturated heterocycles. The highest BCUT2D eigenvalue weighted by atomic mass is 16.5. The van der Waals surface area contributed by atoms with Crippen LogP contribution in [0.25, 0.3) is 17.2 Å². The van der Waals surface area contributed by atoms with Gasteiger partial charge in [0.1, 0.15) is 11.7 Å². The van der Waals surface area contributed by atoms with Crippen LogP contribution in [0.5, 0.6) is 0 Å². The topological polar surface area (TPSA) is 196 Å². The number of carbonyl (C=O) groups is 4. The molecule has 3 N–H and O–H groups in total. The maximum atomic E-state index is 13.1. The molecule has 1 aromatic carbocycles. The lowest BCUT2D eigenvalue weighted by atomic mass is 10.0. The van der Waals surface area contributed by atoms with E-state index in [1.807, 2.05) is 35.7 Å². The van der Waals surface area contributed by atoms with E-state index in [0.717, 1.165) is 93.0 Å². The fourth-order valence-electron chi connectivity index (χ4n) is 8.63. The number of aryl methyl sites for hydroxylation is 2. The Morgan fingerprint density at radius 1 is 0.982 bits per heavy atom. The number of imide groups is 1. The Balaban J connectivity index is 0.745. The van der Waals surface area contributed by atoms with Crippen molar-refractivity contribution in [2.45, 2.75) is 76.8 Å². The first kappa shape index (κ1) is 36.4. The van der Waals surface area contributed by atoms with Crippen LogP contribution in [0.3, 0.4) is 0 Å². The lowest BCUT2D eigenvalue weighted by molar-refractivity contribution is -0.136. The lowest BCUT2D eigenvalue weighted by Crippen LogP contribution is -2.52. The molecule has 0 radical (unpaired) electrons. The first-order chi connectivity index (χ1) is 27.8. The third kappa shape index (κ3) is 7.41. The molecule has 57 heavy (non-hydrogen) atoms. The summed E-state index contributed by atoms with van der Waals surface area (Å²) in [5.41, 5.74) is 6.91. The summed E-state index contributed by atoms with van der Waals surface area (Å²) in [6.07, 6.45) is 11.5. The molecule has 3 aliphatic heterocycles. The summed E-state index contributed by atoms with van der Waals surface area (Å²) in [5, 5.41) is 16.9. The van der Waals surface area contributed by atoms with E-state index in [4.69, 9.17) is 4.52 Å². The van der Waals surface area contributed by atoms with Gasteiger partial charge in [-0.25, -0.2) is 14.3 Å². The number of piperidine rings is 1. The van der Waals surface area contributed by atoms with Crippen molar-refractivity contribution in [3.05, 3.63) is 77.2 Å². The number of pyridine rings is 1. The van der Waals surface area contributed by atoms with E-state index in [9.17, 15) is 19.2 Å². The Hall–Kier alpha value is -6.23. The number of carbonyl (C=O) groups excluding carboxylic acids is 4. The van der Waals surface area contributed by atoms with Gasteiger partial charge in [-0.2, -0.15) is 10.1 Å². The summed E-state index contributed by atoms with van der Waals surface area (Å²) in [4.78, 5) is 70.2. The first-order valence-corrected chi connectivity index (χ1v) is 19.7. The minimum atomic E-state index is -0.617. The van der Waals surface area contributed by atoms with E-state index >= 15 is 0 Å². The number of nitrogens with one attached hydrogen (secondary N) is 3. The molecule has 0 bridgehead atoms. The van der Waals surface area contributed by atoms with Crippen LogP contribution < -0.4 is 20.9 Å². The third-order valence-electron chi connectivity index (χ3n) is 11.6. The van der Waals surface area contributed by atoms with Gasteiger partial charge in [0.25, 0.3) is 5.91 Å². The van der Waals surface area contributed by atoms with Crippen LogP contribution in [0, 0.1) is 6.92 Å². The van der Waals surface area contributed by atoms with Crippen LogP contribution in [0.4, 0.5) is 21.9 Å². The number of fused-ring (bicyclic) bond motifs is 2. The van der Waals surface area contributed by atoms with Crippen LogP contribution >= 0.6 is 0 Å². The van der Waals surface area contributed by atoms with E-state index in [-0.39, 0.29) is 24.3 Å². The molecule has 1 aliphatic carbocycles. The van der Waals surface area contributed by atoms with Crippen LogP contribution in [0.2, 0.25) is 0 Å². The predicted octanol–water partition coefficient (Wildman–Crippen LogP) is 4.30. The number of anilines is 3. The van der Waals surface area contributed by atoms with Crippen molar-refractivity contribution in [2.75, 3.05) is 48.3 Å². The number of nitrogens with zero attached hydrogens (tertiary/aromatic N) is 9. The maximum absolute atomic E-state index is 13.1. The quantitative estimate of drug-likeness (QED) is 0.171. The number of benzene rings is 1. The Morgan fingerprint density at radius 2 is 1.82 bits per heavy atom. The number of hydrogen-bond donors (Lipinski definition) is 3. The van der Waals surface area contributed by atoms with Gasteiger partial charge in [0.15, 0.2) is 5.65 Å². The van der Waals surface area contributed by atoms with Crippen molar-refractivity contribution in [1.82, 2.24) is 44.8 Å². The van der Waals surface area contributed by atoms with Gasteiger partial charge < -0.3 is 25.0 Å². The van der Waals surface area contributed by atoms with Crippen LogP contribution in [-0.4, -0.2) is 102 Å². The molecule has 4 aromatic heterocycles. The largest absolute Gasteiger partial charge is 0.369 e. The normalized spacial score (nSPS) is 19.0. The summed E-state index contributed by atoms with van der Waals surface area (Å²) in [6.45, 7) is 6.65. The van der Waals surface area contributed by atoms with Crippen molar-refractivity contribution in [3.8, 4) is 11.5 Å². The Morgan fingerprint density at radius 3 is 2.63 bits per heavy atom. The van der Waals surface area contributed by atoms with E-state index in [1.165, 1.54) is 0 Å². The molecule has 5 amide bonds. The first-order valence-electron chi connectivity index (χ1n) is 19.7. The molecule has 1 saturated carbocycles. The number of aromatic nitrogens is 6. The molecule has 3 fully saturated rings. The Kier molecular flexibility index (Phi) is 9.82. The molecule has 17 heteroatoms. The second-order valence-electron chi connectivity index (χ2n) is 15.3. The lowest BCUT2D eigenvalue weighted by Gasteiger charge is -2.36. The molecular weight excluding hydrogens is 729 g/mol. The molecule has 294 valence electrons. The second-order valence-corrected chi connectivity index (χ2v) is 15.3.